The van der Waals surface area contributed by atoms with Gasteiger partial charge in [-0.15, -0.1) is 11.3 Å². The fraction of sp³-hybridized carbons (Fsp3) is 0.444. The summed E-state index contributed by atoms with van der Waals surface area (Å²) in [5.74, 6) is 0.990. The van der Waals surface area contributed by atoms with E-state index in [9.17, 15) is 0 Å². The molecule has 0 saturated heterocycles. The summed E-state index contributed by atoms with van der Waals surface area (Å²) in [4.78, 5) is 3.08. The van der Waals surface area contributed by atoms with Crippen LogP contribution < -0.4 is 10.1 Å². The predicted molar refractivity (Wildman–Crippen MR) is 89.5 cm³/mol. The highest BCUT2D eigenvalue weighted by atomic mass is 32.1. The third kappa shape index (κ3) is 3.14. The normalized spacial score (nSPS) is 15.0. The molecule has 1 atom stereocenters. The molecule has 0 spiro atoms. The molecule has 0 fully saturated rings. The number of nitrogens with one attached hydrogen (secondary N) is 1. The number of thiophene rings is 1. The number of likely N-dealkylation sites (N-methyl/N-ethyl adjacent to an activating group) is 1. The molecule has 0 radical (unpaired) electrons. The zero-order valence-electron chi connectivity index (χ0n) is 12.8. The minimum absolute atomic E-state index is 0.391. The van der Waals surface area contributed by atoms with Crippen LogP contribution in [0.25, 0.3) is 0 Å². The zero-order chi connectivity index (χ0) is 14.7. The van der Waals surface area contributed by atoms with E-state index in [1.807, 2.05) is 23.5 Å². The Kier molecular flexibility index (Phi) is 4.61. The van der Waals surface area contributed by atoms with E-state index in [2.05, 4.69) is 30.4 Å². The average Bonchev–Trinajstić information content (AvgIpc) is 3.08. The van der Waals surface area contributed by atoms with Gasteiger partial charge in [-0.05, 0) is 55.5 Å². The maximum absolute atomic E-state index is 5.50. The minimum atomic E-state index is 0.391. The fourth-order valence-electron chi connectivity index (χ4n) is 3.14. The summed E-state index contributed by atoms with van der Waals surface area (Å²) in [7, 11) is 1.75. The van der Waals surface area contributed by atoms with Crippen LogP contribution in [0.2, 0.25) is 0 Å². The molecular weight excluding hydrogens is 278 g/mol. The summed E-state index contributed by atoms with van der Waals surface area (Å²) in [6, 6.07) is 11.2. The van der Waals surface area contributed by atoms with Gasteiger partial charge in [-0.2, -0.15) is 0 Å². The van der Waals surface area contributed by atoms with Crippen molar-refractivity contribution >= 4 is 11.3 Å². The van der Waals surface area contributed by atoms with Crippen molar-refractivity contribution in [1.29, 1.82) is 0 Å². The summed E-state index contributed by atoms with van der Waals surface area (Å²) >= 11 is 2.00. The molecule has 21 heavy (non-hydrogen) atoms. The van der Waals surface area contributed by atoms with Gasteiger partial charge in [0.1, 0.15) is 5.75 Å². The van der Waals surface area contributed by atoms with Crippen LogP contribution in [0.4, 0.5) is 0 Å². The van der Waals surface area contributed by atoms with Gasteiger partial charge in [-0.25, -0.2) is 0 Å². The summed E-state index contributed by atoms with van der Waals surface area (Å²) in [5, 5.41) is 3.64. The third-order valence-electron chi connectivity index (χ3n) is 4.18. The van der Waals surface area contributed by atoms with Crippen molar-refractivity contribution in [2.75, 3.05) is 13.7 Å². The molecule has 3 rings (SSSR count). The van der Waals surface area contributed by atoms with Gasteiger partial charge in [0.25, 0.3) is 0 Å². The van der Waals surface area contributed by atoms with Gasteiger partial charge in [0, 0.05) is 15.8 Å². The Bertz CT molecular complexity index is 584. The first-order valence-corrected chi connectivity index (χ1v) is 8.60. The highest BCUT2D eigenvalue weighted by molar-refractivity contribution is 7.12. The van der Waals surface area contributed by atoms with Gasteiger partial charge in [-0.3, -0.25) is 0 Å². The van der Waals surface area contributed by atoms with Crippen molar-refractivity contribution in [2.24, 2.45) is 0 Å². The maximum Gasteiger partial charge on any atom is 0.122 e. The SMILES string of the molecule is CCNC(Cc1ccccc1OC)c1cc2c(s1)CCC2. The highest BCUT2D eigenvalue weighted by Gasteiger charge is 2.20. The molecule has 2 aromatic rings. The van der Waals surface area contributed by atoms with E-state index in [-0.39, 0.29) is 0 Å². The molecule has 1 unspecified atom stereocenters. The van der Waals surface area contributed by atoms with Crippen LogP contribution in [0.5, 0.6) is 5.75 Å². The van der Waals surface area contributed by atoms with E-state index in [4.69, 9.17) is 4.74 Å². The Morgan fingerprint density at radius 2 is 2.14 bits per heavy atom. The Labute approximate surface area is 131 Å². The van der Waals surface area contributed by atoms with E-state index in [0.717, 1.165) is 18.7 Å². The van der Waals surface area contributed by atoms with Gasteiger partial charge in [0.2, 0.25) is 0 Å². The van der Waals surface area contributed by atoms with Crippen LogP contribution in [-0.2, 0) is 19.3 Å². The van der Waals surface area contributed by atoms with E-state index in [1.165, 1.54) is 29.7 Å². The van der Waals surface area contributed by atoms with Crippen molar-refractivity contribution in [3.63, 3.8) is 0 Å². The van der Waals surface area contributed by atoms with Crippen molar-refractivity contribution in [3.05, 3.63) is 51.2 Å². The lowest BCUT2D eigenvalue weighted by Crippen LogP contribution is -2.22. The number of para-hydroxylation sites is 1. The van der Waals surface area contributed by atoms with Gasteiger partial charge >= 0.3 is 0 Å². The number of benzene rings is 1. The number of ether oxygens (including phenoxy) is 1. The van der Waals surface area contributed by atoms with E-state index in [1.54, 1.807) is 17.6 Å². The van der Waals surface area contributed by atoms with Crippen molar-refractivity contribution in [3.8, 4) is 5.75 Å². The molecule has 1 aromatic carbocycles. The number of hydrogen-bond donors (Lipinski definition) is 1. The fourth-order valence-corrected chi connectivity index (χ4v) is 4.47. The first-order chi connectivity index (χ1) is 10.3. The van der Waals surface area contributed by atoms with Crippen molar-refractivity contribution < 1.29 is 4.74 Å². The number of aryl methyl sites for hydroxylation is 2. The van der Waals surface area contributed by atoms with Crippen LogP contribution in [0, 0.1) is 0 Å². The first-order valence-electron chi connectivity index (χ1n) is 7.78. The summed E-state index contributed by atoms with van der Waals surface area (Å²) in [6.07, 6.45) is 4.85. The van der Waals surface area contributed by atoms with Gasteiger partial charge in [-0.1, -0.05) is 25.1 Å². The van der Waals surface area contributed by atoms with Crippen LogP contribution in [-0.4, -0.2) is 13.7 Å². The molecule has 1 N–H and O–H groups in total. The third-order valence-corrected chi connectivity index (χ3v) is 5.53. The molecule has 0 bridgehead atoms. The van der Waals surface area contributed by atoms with Crippen LogP contribution in [0.3, 0.4) is 0 Å². The van der Waals surface area contributed by atoms with Gasteiger partial charge in [0.15, 0.2) is 0 Å². The highest BCUT2D eigenvalue weighted by Crippen LogP contribution is 2.35. The molecule has 0 aliphatic heterocycles. The number of fused-ring (bicyclic) bond motifs is 1. The van der Waals surface area contributed by atoms with Crippen LogP contribution >= 0.6 is 11.3 Å². The molecular formula is C18H23NOS. The predicted octanol–water partition coefficient (Wildman–Crippen LogP) is 4.14. The monoisotopic (exact) mass is 301 g/mol. The minimum Gasteiger partial charge on any atom is -0.496 e. The topological polar surface area (TPSA) is 21.3 Å². The molecule has 1 aliphatic rings. The average molecular weight is 301 g/mol. The Morgan fingerprint density at radius 1 is 1.29 bits per heavy atom. The number of rotatable bonds is 6. The van der Waals surface area contributed by atoms with Crippen molar-refractivity contribution in [1.82, 2.24) is 5.32 Å². The molecule has 1 aromatic heterocycles. The molecule has 112 valence electrons. The second-order valence-corrected chi connectivity index (χ2v) is 6.75. The summed E-state index contributed by atoms with van der Waals surface area (Å²) in [6.45, 7) is 3.17. The second-order valence-electron chi connectivity index (χ2n) is 5.58. The lowest BCUT2D eigenvalue weighted by Gasteiger charge is -2.18. The Morgan fingerprint density at radius 3 is 2.90 bits per heavy atom. The largest absolute Gasteiger partial charge is 0.496 e. The summed E-state index contributed by atoms with van der Waals surface area (Å²) in [5.41, 5.74) is 2.86. The standard InChI is InChI=1S/C18H23NOS/c1-3-19-15(11-13-7-4-5-9-16(13)20-2)18-12-14-8-6-10-17(14)21-18/h4-5,7,9,12,15,19H,3,6,8,10-11H2,1-2H3. The van der Waals surface area contributed by atoms with Crippen molar-refractivity contribution in [2.45, 2.75) is 38.6 Å². The Hall–Kier alpha value is -1.32. The van der Waals surface area contributed by atoms with Crippen LogP contribution in [0.15, 0.2) is 30.3 Å². The molecule has 2 nitrogen and oxygen atoms in total. The van der Waals surface area contributed by atoms with E-state index in [0.29, 0.717) is 6.04 Å². The number of methoxy groups -OCH3 is 1. The van der Waals surface area contributed by atoms with E-state index >= 15 is 0 Å². The van der Waals surface area contributed by atoms with Gasteiger partial charge in [0.05, 0.1) is 7.11 Å². The molecule has 1 heterocycles. The number of hydrogen-bond acceptors (Lipinski definition) is 3. The second kappa shape index (κ2) is 6.63. The quantitative estimate of drug-likeness (QED) is 0.866. The first kappa shape index (κ1) is 14.6. The molecule has 1 aliphatic carbocycles. The van der Waals surface area contributed by atoms with Crippen LogP contribution in [0.1, 0.15) is 40.3 Å². The summed E-state index contributed by atoms with van der Waals surface area (Å²) < 4.78 is 5.50. The molecule has 0 saturated carbocycles. The smallest absolute Gasteiger partial charge is 0.122 e. The molecule has 0 amide bonds. The van der Waals surface area contributed by atoms with Gasteiger partial charge < -0.3 is 10.1 Å². The molecule has 3 heteroatoms. The maximum atomic E-state index is 5.50. The lowest BCUT2D eigenvalue weighted by molar-refractivity contribution is 0.406. The zero-order valence-corrected chi connectivity index (χ0v) is 13.6. The lowest BCUT2D eigenvalue weighted by atomic mass is 10.0. The van der Waals surface area contributed by atoms with E-state index < -0.39 is 0 Å². The Balaban J connectivity index is 1.83.